The maximum absolute atomic E-state index is 14.0. The number of benzene rings is 1. The molecule has 0 radical (unpaired) electrons. The van der Waals surface area contributed by atoms with Gasteiger partial charge in [-0.15, -0.1) is 0 Å². The summed E-state index contributed by atoms with van der Waals surface area (Å²) in [6, 6.07) is 0.670. The van der Waals surface area contributed by atoms with Crippen molar-refractivity contribution in [1.29, 1.82) is 0 Å². The molecular formula is C22H23F3N8O6. The number of nitrogen functional groups attached to an aromatic ring is 2. The Bertz CT molecular complexity index is 1430. The number of fused-ring (bicyclic) bond motifs is 1. The quantitative estimate of drug-likeness (QED) is 0.179. The summed E-state index contributed by atoms with van der Waals surface area (Å²) in [5, 5.41) is 33.5. The summed E-state index contributed by atoms with van der Waals surface area (Å²) in [5.41, 5.74) is 8.52. The summed E-state index contributed by atoms with van der Waals surface area (Å²) < 4.78 is 40.4. The van der Waals surface area contributed by atoms with Crippen LogP contribution < -0.4 is 21.4 Å². The highest BCUT2D eigenvalue weighted by Gasteiger charge is 2.39. The number of carbonyl (C=O) groups is 3. The molecule has 39 heavy (non-hydrogen) atoms. The highest BCUT2D eigenvalue weighted by Crippen LogP contribution is 2.40. The molecule has 0 aliphatic heterocycles. The second-order valence-electron chi connectivity index (χ2n) is 8.64. The summed E-state index contributed by atoms with van der Waals surface area (Å²) in [5.74, 6) is -4.12. The number of hydrogen-bond donors (Lipinski definition) is 5. The van der Waals surface area contributed by atoms with Crippen LogP contribution in [0.1, 0.15) is 40.9 Å². The lowest BCUT2D eigenvalue weighted by atomic mass is 10.0. The molecule has 208 valence electrons. The Morgan fingerprint density at radius 2 is 1.85 bits per heavy atom. The fourth-order valence-corrected chi connectivity index (χ4v) is 3.73. The predicted molar refractivity (Wildman–Crippen MR) is 131 cm³/mol. The van der Waals surface area contributed by atoms with Gasteiger partial charge in [-0.05, 0) is 25.0 Å². The first kappa shape index (κ1) is 28.9. The minimum atomic E-state index is -5.06. The third-order valence-electron chi connectivity index (χ3n) is 5.53. The summed E-state index contributed by atoms with van der Waals surface area (Å²) in [7, 11) is 0.946. The number of rotatable bonds is 10. The Morgan fingerprint density at radius 3 is 2.46 bits per heavy atom. The Morgan fingerprint density at radius 1 is 1.15 bits per heavy atom. The van der Waals surface area contributed by atoms with Crippen LogP contribution in [0.15, 0.2) is 24.4 Å². The number of aromatic nitrogens is 4. The largest absolute Gasteiger partial charge is 0.627 e. The number of carboxylic acids is 2. The van der Waals surface area contributed by atoms with E-state index in [1.54, 1.807) is 0 Å². The van der Waals surface area contributed by atoms with Crippen LogP contribution in [0.3, 0.4) is 0 Å². The van der Waals surface area contributed by atoms with E-state index in [-0.39, 0.29) is 47.9 Å². The lowest BCUT2D eigenvalue weighted by Gasteiger charge is -2.39. The van der Waals surface area contributed by atoms with Crippen LogP contribution in [0.5, 0.6) is 0 Å². The van der Waals surface area contributed by atoms with Gasteiger partial charge in [0.2, 0.25) is 5.95 Å². The van der Waals surface area contributed by atoms with E-state index >= 15 is 0 Å². The van der Waals surface area contributed by atoms with Gasteiger partial charge in [0.15, 0.2) is 17.0 Å². The van der Waals surface area contributed by atoms with Gasteiger partial charge in [-0.25, -0.2) is 14.8 Å². The Hall–Kier alpha value is -4.64. The second kappa shape index (κ2) is 11.0. The molecule has 14 nitrogen and oxygen atoms in total. The van der Waals surface area contributed by atoms with E-state index in [4.69, 9.17) is 16.6 Å². The first-order chi connectivity index (χ1) is 18.1. The molecule has 3 rings (SSSR count). The van der Waals surface area contributed by atoms with Crippen molar-refractivity contribution in [3.05, 3.63) is 46.4 Å². The van der Waals surface area contributed by atoms with Crippen molar-refractivity contribution in [1.82, 2.24) is 29.9 Å². The van der Waals surface area contributed by atoms with Gasteiger partial charge in [-0.1, -0.05) is 0 Å². The molecule has 0 spiro atoms. The summed E-state index contributed by atoms with van der Waals surface area (Å²) in [6.45, 7) is -0.619. The minimum absolute atomic E-state index is 0.00102. The van der Waals surface area contributed by atoms with E-state index in [1.807, 2.05) is 0 Å². The Labute approximate surface area is 217 Å². The highest BCUT2D eigenvalue weighted by molar-refractivity contribution is 5.97. The van der Waals surface area contributed by atoms with Crippen molar-refractivity contribution in [2.45, 2.75) is 38.0 Å². The summed E-state index contributed by atoms with van der Waals surface area (Å²) >= 11 is 0. The lowest BCUT2D eigenvalue weighted by molar-refractivity contribution is -0.140. The fourth-order valence-electron chi connectivity index (χ4n) is 3.73. The number of halogens is 3. The summed E-state index contributed by atoms with van der Waals surface area (Å²) in [6.07, 6.45) is -4.64. The molecule has 0 bridgehead atoms. The van der Waals surface area contributed by atoms with Gasteiger partial charge in [0.05, 0.1) is 13.2 Å². The smallest absolute Gasteiger partial charge is 0.422 e. The summed E-state index contributed by atoms with van der Waals surface area (Å²) in [4.78, 5) is 50.3. The SMILES string of the molecule is C[N+]([O-])(Cc1cnc2nc(N)nc(N)c2n1)c1ccc(C(=O)N[C@@H](CCCC(=O)O)C(=O)O)cc1C(F)(F)F. The maximum Gasteiger partial charge on any atom is 0.422 e. The number of carbonyl (C=O) groups excluding carboxylic acids is 1. The van der Waals surface area contributed by atoms with Crippen molar-refractivity contribution in [3.63, 3.8) is 0 Å². The van der Waals surface area contributed by atoms with Gasteiger partial charge >= 0.3 is 18.1 Å². The average molecular weight is 552 g/mol. The van der Waals surface area contributed by atoms with Crippen molar-refractivity contribution >= 4 is 46.5 Å². The van der Waals surface area contributed by atoms with Gasteiger partial charge in [0.25, 0.3) is 5.91 Å². The molecule has 0 aliphatic rings. The molecule has 1 unspecified atom stereocenters. The third-order valence-corrected chi connectivity index (χ3v) is 5.53. The van der Waals surface area contributed by atoms with Crippen molar-refractivity contribution in [2.75, 3.05) is 18.5 Å². The first-order valence-corrected chi connectivity index (χ1v) is 11.2. The molecule has 0 fully saturated rings. The number of hydrogen-bond acceptors (Lipinski definition) is 10. The van der Waals surface area contributed by atoms with Crippen LogP contribution in [0, 0.1) is 5.21 Å². The number of anilines is 2. The monoisotopic (exact) mass is 552 g/mol. The van der Waals surface area contributed by atoms with E-state index in [1.165, 1.54) is 0 Å². The Balaban J connectivity index is 1.91. The number of alkyl halides is 3. The van der Waals surface area contributed by atoms with Crippen LogP contribution in [-0.4, -0.2) is 61.1 Å². The van der Waals surface area contributed by atoms with E-state index in [9.17, 15) is 37.9 Å². The first-order valence-electron chi connectivity index (χ1n) is 11.2. The molecule has 7 N–H and O–H groups in total. The van der Waals surface area contributed by atoms with Gasteiger partial charge in [0.1, 0.15) is 29.5 Å². The van der Waals surface area contributed by atoms with Crippen molar-refractivity contribution in [3.8, 4) is 0 Å². The number of amides is 1. The van der Waals surface area contributed by atoms with E-state index in [0.717, 1.165) is 25.4 Å². The topological polar surface area (TPSA) is 230 Å². The van der Waals surface area contributed by atoms with Gasteiger partial charge in [-0.2, -0.15) is 23.1 Å². The molecule has 0 saturated carbocycles. The van der Waals surface area contributed by atoms with E-state index in [0.29, 0.717) is 6.07 Å². The maximum atomic E-state index is 14.0. The number of hydroxylamine groups is 2. The van der Waals surface area contributed by atoms with Crippen LogP contribution in [-0.2, 0) is 22.3 Å². The lowest BCUT2D eigenvalue weighted by Crippen LogP contribution is -2.41. The minimum Gasteiger partial charge on any atom is -0.627 e. The highest BCUT2D eigenvalue weighted by atomic mass is 19.4. The molecule has 17 heteroatoms. The third kappa shape index (κ3) is 7.02. The number of aliphatic carboxylic acids is 2. The molecule has 2 atom stereocenters. The van der Waals surface area contributed by atoms with Crippen LogP contribution in [0.4, 0.5) is 30.6 Å². The number of nitrogens with zero attached hydrogens (tertiary/aromatic N) is 5. The van der Waals surface area contributed by atoms with Crippen LogP contribution >= 0.6 is 0 Å². The number of nitrogens with two attached hydrogens (primary N) is 2. The van der Waals surface area contributed by atoms with Gasteiger partial charge in [-0.3, -0.25) is 9.59 Å². The number of quaternary nitrogens is 1. The normalized spacial score (nSPS) is 14.0. The molecule has 0 saturated heterocycles. The molecule has 2 heterocycles. The van der Waals surface area contributed by atoms with E-state index in [2.05, 4.69) is 25.3 Å². The van der Waals surface area contributed by atoms with Crippen LogP contribution in [0.25, 0.3) is 11.2 Å². The zero-order valence-electron chi connectivity index (χ0n) is 20.3. The number of nitrogens with one attached hydrogen (secondary N) is 1. The van der Waals surface area contributed by atoms with Crippen LogP contribution in [0.2, 0.25) is 0 Å². The Kier molecular flexibility index (Phi) is 8.16. The van der Waals surface area contributed by atoms with Crippen molar-refractivity contribution in [2.24, 2.45) is 0 Å². The second-order valence-corrected chi connectivity index (χ2v) is 8.64. The zero-order chi connectivity index (χ0) is 29.1. The molecule has 0 aliphatic carbocycles. The molecular weight excluding hydrogens is 529 g/mol. The standard InChI is InChI=1S/C22H23F3N8O6/c1-33(39,9-11-8-28-18-16(29-11)17(26)31-21(27)32-18)14-6-5-10(7-12(14)22(23,24)25)19(36)30-13(20(37)38)3-2-4-15(34)35/h5-8,13H,2-4,9H2,1H3,(H,30,36)(H,34,35)(H,37,38)(H4,26,27,28,31,32)/t13-,33?/m0/s1. The zero-order valence-corrected chi connectivity index (χ0v) is 20.3. The number of carboxylic acid groups (broad SMARTS) is 2. The molecule has 2 aromatic heterocycles. The molecule has 1 aromatic carbocycles. The van der Waals surface area contributed by atoms with E-state index < -0.39 is 58.1 Å². The fraction of sp³-hybridized carbons (Fsp3) is 0.318. The molecule has 3 aromatic rings. The average Bonchev–Trinajstić information content (AvgIpc) is 2.82. The van der Waals surface area contributed by atoms with Crippen molar-refractivity contribution < 1.29 is 37.8 Å². The molecule has 1 amide bonds. The van der Waals surface area contributed by atoms with Gasteiger partial charge < -0.3 is 36.9 Å². The van der Waals surface area contributed by atoms with Gasteiger partial charge in [0, 0.05) is 18.1 Å². The predicted octanol–water partition coefficient (Wildman–Crippen LogP) is 1.68.